The van der Waals surface area contributed by atoms with Crippen molar-refractivity contribution in [2.45, 2.75) is 64.1 Å². The number of nitrogens with one attached hydrogen (secondary N) is 1. The van der Waals surface area contributed by atoms with E-state index in [9.17, 15) is 0 Å². The van der Waals surface area contributed by atoms with E-state index in [0.717, 1.165) is 18.5 Å². The van der Waals surface area contributed by atoms with Crippen molar-refractivity contribution in [2.75, 3.05) is 14.1 Å². The second-order valence-electron chi connectivity index (χ2n) is 6.23. The molecule has 0 saturated heterocycles. The molecule has 0 radical (unpaired) electrons. The van der Waals surface area contributed by atoms with Crippen LogP contribution in [0.25, 0.3) is 0 Å². The topological polar surface area (TPSA) is 15.3 Å². The SMILES string of the molecule is CCc1ccc(C(C)N(C)C2CCC(NC)CC2)cc1. The Balaban J connectivity index is 1.95. The van der Waals surface area contributed by atoms with Gasteiger partial charge >= 0.3 is 0 Å². The van der Waals surface area contributed by atoms with Crippen LogP contribution in [0.3, 0.4) is 0 Å². The van der Waals surface area contributed by atoms with Crippen molar-refractivity contribution in [3.63, 3.8) is 0 Å². The molecule has 0 bridgehead atoms. The Kier molecular flexibility index (Phi) is 5.62. The number of aryl methyl sites for hydroxylation is 1. The van der Waals surface area contributed by atoms with Crippen LogP contribution in [0, 0.1) is 0 Å². The predicted octanol–water partition coefficient (Wildman–Crippen LogP) is 3.77. The first kappa shape index (κ1) is 15.5. The molecule has 0 aromatic heterocycles. The summed E-state index contributed by atoms with van der Waals surface area (Å²) in [5, 5.41) is 3.42. The molecule has 0 aliphatic heterocycles. The Hall–Kier alpha value is -0.860. The minimum atomic E-state index is 0.511. The molecule has 0 heterocycles. The molecule has 112 valence electrons. The van der Waals surface area contributed by atoms with Gasteiger partial charge in [0.1, 0.15) is 0 Å². The van der Waals surface area contributed by atoms with E-state index >= 15 is 0 Å². The zero-order chi connectivity index (χ0) is 14.5. The Labute approximate surface area is 124 Å². The molecular formula is C18H30N2. The molecule has 1 N–H and O–H groups in total. The number of hydrogen-bond acceptors (Lipinski definition) is 2. The lowest BCUT2D eigenvalue weighted by molar-refractivity contribution is 0.136. The minimum absolute atomic E-state index is 0.511. The molecular weight excluding hydrogens is 244 g/mol. The van der Waals surface area contributed by atoms with Gasteiger partial charge in [-0.1, -0.05) is 31.2 Å². The number of nitrogens with zero attached hydrogens (tertiary/aromatic N) is 1. The summed E-state index contributed by atoms with van der Waals surface area (Å²) in [6, 6.07) is 11.1. The van der Waals surface area contributed by atoms with Crippen molar-refractivity contribution in [1.29, 1.82) is 0 Å². The summed E-state index contributed by atoms with van der Waals surface area (Å²) < 4.78 is 0. The van der Waals surface area contributed by atoms with Gasteiger partial charge in [0, 0.05) is 18.1 Å². The fourth-order valence-corrected chi connectivity index (χ4v) is 3.35. The third-order valence-corrected chi connectivity index (χ3v) is 5.16. The summed E-state index contributed by atoms with van der Waals surface area (Å²) in [6.07, 6.45) is 6.39. The van der Waals surface area contributed by atoms with Crippen molar-refractivity contribution in [3.05, 3.63) is 35.4 Å². The van der Waals surface area contributed by atoms with E-state index in [1.807, 2.05) is 0 Å². The minimum Gasteiger partial charge on any atom is -0.317 e. The van der Waals surface area contributed by atoms with E-state index in [2.05, 4.69) is 62.4 Å². The molecule has 1 saturated carbocycles. The van der Waals surface area contributed by atoms with E-state index in [1.54, 1.807) is 0 Å². The smallest absolute Gasteiger partial charge is 0.0319 e. The Bertz CT molecular complexity index is 390. The first-order valence-corrected chi connectivity index (χ1v) is 8.13. The fourth-order valence-electron chi connectivity index (χ4n) is 3.35. The van der Waals surface area contributed by atoms with E-state index in [4.69, 9.17) is 0 Å². The van der Waals surface area contributed by atoms with E-state index in [0.29, 0.717) is 6.04 Å². The van der Waals surface area contributed by atoms with Crippen LogP contribution in [0.1, 0.15) is 56.7 Å². The summed E-state index contributed by atoms with van der Waals surface area (Å²) in [5.74, 6) is 0. The highest BCUT2D eigenvalue weighted by atomic mass is 15.2. The molecule has 2 rings (SSSR count). The van der Waals surface area contributed by atoms with Crippen molar-refractivity contribution in [2.24, 2.45) is 0 Å². The van der Waals surface area contributed by atoms with Gasteiger partial charge in [0.25, 0.3) is 0 Å². The van der Waals surface area contributed by atoms with Crippen molar-refractivity contribution < 1.29 is 0 Å². The van der Waals surface area contributed by atoms with Crippen molar-refractivity contribution in [3.8, 4) is 0 Å². The van der Waals surface area contributed by atoms with Crippen LogP contribution in [0.5, 0.6) is 0 Å². The molecule has 0 spiro atoms. The molecule has 1 unspecified atom stereocenters. The molecule has 1 fully saturated rings. The number of rotatable bonds is 5. The van der Waals surface area contributed by atoms with E-state index < -0.39 is 0 Å². The van der Waals surface area contributed by atoms with Crippen LogP contribution in [0.2, 0.25) is 0 Å². The monoisotopic (exact) mass is 274 g/mol. The average molecular weight is 274 g/mol. The van der Waals surface area contributed by atoms with Gasteiger partial charge in [0.05, 0.1) is 0 Å². The number of benzene rings is 1. The first-order chi connectivity index (χ1) is 9.65. The lowest BCUT2D eigenvalue weighted by atomic mass is 9.89. The summed E-state index contributed by atoms with van der Waals surface area (Å²) in [7, 11) is 4.38. The van der Waals surface area contributed by atoms with Crippen LogP contribution in [0.4, 0.5) is 0 Å². The van der Waals surface area contributed by atoms with Crippen LogP contribution >= 0.6 is 0 Å². The van der Waals surface area contributed by atoms with Crippen LogP contribution in [0.15, 0.2) is 24.3 Å². The first-order valence-electron chi connectivity index (χ1n) is 8.13. The van der Waals surface area contributed by atoms with Gasteiger partial charge in [-0.15, -0.1) is 0 Å². The van der Waals surface area contributed by atoms with Crippen molar-refractivity contribution >= 4 is 0 Å². The van der Waals surface area contributed by atoms with Gasteiger partial charge in [-0.2, -0.15) is 0 Å². The summed E-state index contributed by atoms with van der Waals surface area (Å²) in [5.41, 5.74) is 2.87. The summed E-state index contributed by atoms with van der Waals surface area (Å²) in [6.45, 7) is 4.55. The molecule has 2 nitrogen and oxygen atoms in total. The summed E-state index contributed by atoms with van der Waals surface area (Å²) in [4.78, 5) is 2.58. The van der Waals surface area contributed by atoms with Crippen LogP contribution < -0.4 is 5.32 Å². The third kappa shape index (κ3) is 3.62. The van der Waals surface area contributed by atoms with Gasteiger partial charge in [0.15, 0.2) is 0 Å². The fraction of sp³-hybridized carbons (Fsp3) is 0.667. The lowest BCUT2D eigenvalue weighted by Gasteiger charge is -2.38. The zero-order valence-corrected chi connectivity index (χ0v) is 13.5. The molecule has 1 aliphatic rings. The van der Waals surface area contributed by atoms with Gasteiger partial charge in [-0.05, 0) is 64.3 Å². The van der Waals surface area contributed by atoms with Gasteiger partial charge in [-0.3, -0.25) is 4.90 Å². The lowest BCUT2D eigenvalue weighted by Crippen LogP contribution is -2.40. The van der Waals surface area contributed by atoms with E-state index in [1.165, 1.54) is 36.8 Å². The highest BCUT2D eigenvalue weighted by Crippen LogP contribution is 2.29. The van der Waals surface area contributed by atoms with Crippen LogP contribution in [-0.2, 0) is 6.42 Å². The number of hydrogen-bond donors (Lipinski definition) is 1. The standard InChI is InChI=1S/C18H30N2/c1-5-15-6-8-16(9-7-15)14(2)20(4)18-12-10-17(19-3)11-13-18/h6-9,14,17-19H,5,10-13H2,1-4H3. The normalized spacial score (nSPS) is 24.9. The Morgan fingerprint density at radius 2 is 1.75 bits per heavy atom. The maximum absolute atomic E-state index is 3.42. The van der Waals surface area contributed by atoms with Crippen molar-refractivity contribution in [1.82, 2.24) is 10.2 Å². The zero-order valence-electron chi connectivity index (χ0n) is 13.5. The molecule has 1 aromatic carbocycles. The largest absolute Gasteiger partial charge is 0.317 e. The molecule has 2 heteroatoms. The summed E-state index contributed by atoms with van der Waals surface area (Å²) >= 11 is 0. The maximum Gasteiger partial charge on any atom is 0.0319 e. The second kappa shape index (κ2) is 7.24. The molecule has 1 aromatic rings. The van der Waals surface area contributed by atoms with Crippen LogP contribution in [-0.4, -0.2) is 31.1 Å². The average Bonchev–Trinajstić information content (AvgIpc) is 2.53. The Morgan fingerprint density at radius 1 is 1.15 bits per heavy atom. The molecule has 0 amide bonds. The van der Waals surface area contributed by atoms with E-state index in [-0.39, 0.29) is 0 Å². The molecule has 1 aliphatic carbocycles. The highest BCUT2D eigenvalue weighted by Gasteiger charge is 2.26. The highest BCUT2D eigenvalue weighted by molar-refractivity contribution is 5.24. The second-order valence-corrected chi connectivity index (χ2v) is 6.23. The van der Waals surface area contributed by atoms with Gasteiger partial charge in [-0.25, -0.2) is 0 Å². The predicted molar refractivity (Wildman–Crippen MR) is 87.1 cm³/mol. The quantitative estimate of drug-likeness (QED) is 0.879. The van der Waals surface area contributed by atoms with Gasteiger partial charge < -0.3 is 5.32 Å². The molecule has 20 heavy (non-hydrogen) atoms. The molecule has 1 atom stereocenters. The maximum atomic E-state index is 3.42. The third-order valence-electron chi connectivity index (χ3n) is 5.16. The Morgan fingerprint density at radius 3 is 2.25 bits per heavy atom. The van der Waals surface area contributed by atoms with Gasteiger partial charge in [0.2, 0.25) is 0 Å².